The minimum absolute atomic E-state index is 0.127. The SMILES string of the molecule is CNC(=O)c1n[nH]c2c1CN(C[C@@H](C)Cc1ccc3c(c1)OCO3)CC2. The summed E-state index contributed by atoms with van der Waals surface area (Å²) in [6, 6.07) is 6.17. The van der Waals surface area contributed by atoms with Crippen LogP contribution in [0.1, 0.15) is 34.2 Å². The van der Waals surface area contributed by atoms with Crippen molar-refractivity contribution in [3.8, 4) is 11.5 Å². The third-order valence-electron chi connectivity index (χ3n) is 5.05. The fourth-order valence-corrected chi connectivity index (χ4v) is 3.79. The average Bonchev–Trinajstić information content (AvgIpc) is 3.26. The summed E-state index contributed by atoms with van der Waals surface area (Å²) in [5.41, 5.74) is 3.90. The highest BCUT2D eigenvalue weighted by atomic mass is 16.7. The molecule has 7 nitrogen and oxygen atoms in total. The highest BCUT2D eigenvalue weighted by molar-refractivity contribution is 5.93. The van der Waals surface area contributed by atoms with Crippen molar-refractivity contribution in [1.82, 2.24) is 20.4 Å². The van der Waals surface area contributed by atoms with Crippen molar-refractivity contribution in [3.05, 3.63) is 40.7 Å². The van der Waals surface area contributed by atoms with Crippen LogP contribution in [0.15, 0.2) is 18.2 Å². The topological polar surface area (TPSA) is 79.5 Å². The molecule has 3 heterocycles. The lowest BCUT2D eigenvalue weighted by Gasteiger charge is -2.29. The molecule has 0 fully saturated rings. The Bertz CT molecular complexity index is 817. The van der Waals surface area contributed by atoms with E-state index in [4.69, 9.17) is 9.47 Å². The Labute approximate surface area is 152 Å². The number of aromatic amines is 1. The van der Waals surface area contributed by atoms with Crippen LogP contribution in [-0.4, -0.2) is 47.9 Å². The Morgan fingerprint density at radius 3 is 3.08 bits per heavy atom. The lowest BCUT2D eigenvalue weighted by atomic mass is 9.98. The Hall–Kier alpha value is -2.54. The third kappa shape index (κ3) is 3.26. The van der Waals surface area contributed by atoms with Gasteiger partial charge in [-0.15, -0.1) is 0 Å². The molecule has 26 heavy (non-hydrogen) atoms. The van der Waals surface area contributed by atoms with Gasteiger partial charge in [0.25, 0.3) is 5.91 Å². The van der Waals surface area contributed by atoms with E-state index in [-0.39, 0.29) is 5.91 Å². The zero-order valence-electron chi connectivity index (χ0n) is 15.2. The van der Waals surface area contributed by atoms with Crippen LogP contribution >= 0.6 is 0 Å². The van der Waals surface area contributed by atoms with E-state index in [1.165, 1.54) is 5.56 Å². The van der Waals surface area contributed by atoms with Crippen LogP contribution in [0.3, 0.4) is 0 Å². The molecule has 0 radical (unpaired) electrons. The van der Waals surface area contributed by atoms with E-state index in [2.05, 4.69) is 39.5 Å². The maximum atomic E-state index is 12.0. The predicted octanol–water partition coefficient (Wildman–Crippen LogP) is 1.73. The molecule has 0 saturated carbocycles. The average molecular weight is 356 g/mol. The number of rotatable bonds is 5. The zero-order valence-corrected chi connectivity index (χ0v) is 15.2. The summed E-state index contributed by atoms with van der Waals surface area (Å²) in [5.74, 6) is 2.03. The van der Waals surface area contributed by atoms with Crippen LogP contribution in [0, 0.1) is 5.92 Å². The number of nitrogens with zero attached hydrogens (tertiary/aromatic N) is 2. The number of ether oxygens (including phenoxy) is 2. The monoisotopic (exact) mass is 356 g/mol. The van der Waals surface area contributed by atoms with Gasteiger partial charge in [-0.3, -0.25) is 14.8 Å². The van der Waals surface area contributed by atoms with Crippen LogP contribution in [0.25, 0.3) is 0 Å². The molecule has 0 saturated heterocycles. The first-order chi connectivity index (χ1) is 12.6. The molecule has 1 aromatic carbocycles. The van der Waals surface area contributed by atoms with Gasteiger partial charge < -0.3 is 14.8 Å². The highest BCUT2D eigenvalue weighted by Crippen LogP contribution is 2.33. The molecular weight excluding hydrogens is 332 g/mol. The Morgan fingerprint density at radius 1 is 1.38 bits per heavy atom. The van der Waals surface area contributed by atoms with E-state index >= 15 is 0 Å². The van der Waals surface area contributed by atoms with Gasteiger partial charge in [-0.1, -0.05) is 13.0 Å². The number of hydrogen-bond donors (Lipinski definition) is 2. The van der Waals surface area contributed by atoms with E-state index in [1.54, 1.807) is 7.05 Å². The van der Waals surface area contributed by atoms with Crippen molar-refractivity contribution in [2.24, 2.45) is 5.92 Å². The van der Waals surface area contributed by atoms with Gasteiger partial charge in [-0.05, 0) is 30.0 Å². The molecule has 2 aliphatic rings. The molecule has 138 valence electrons. The second kappa shape index (κ2) is 6.99. The Balaban J connectivity index is 1.39. The van der Waals surface area contributed by atoms with Crippen LogP contribution in [0.5, 0.6) is 11.5 Å². The number of amides is 1. The van der Waals surface area contributed by atoms with Crippen molar-refractivity contribution < 1.29 is 14.3 Å². The standard InChI is InChI=1S/C19H24N4O3/c1-12(7-13-3-4-16-17(8-13)26-11-25-16)9-23-6-5-15-14(10-23)18(22-21-15)19(24)20-2/h3-4,8,12H,5-7,9-11H2,1-2H3,(H,20,24)(H,21,22)/t12-/m0/s1. The molecule has 2 aliphatic heterocycles. The smallest absolute Gasteiger partial charge is 0.271 e. The molecule has 2 N–H and O–H groups in total. The second-order valence-electron chi connectivity index (χ2n) is 7.09. The van der Waals surface area contributed by atoms with Crippen molar-refractivity contribution >= 4 is 5.91 Å². The highest BCUT2D eigenvalue weighted by Gasteiger charge is 2.25. The molecule has 0 aliphatic carbocycles. The first kappa shape index (κ1) is 16.9. The molecule has 1 aromatic heterocycles. The lowest BCUT2D eigenvalue weighted by Crippen LogP contribution is -2.35. The quantitative estimate of drug-likeness (QED) is 0.853. The number of carbonyl (C=O) groups excluding carboxylic acids is 1. The molecule has 0 unspecified atom stereocenters. The summed E-state index contributed by atoms with van der Waals surface area (Å²) < 4.78 is 10.8. The molecular formula is C19H24N4O3. The molecule has 4 rings (SSSR count). The van der Waals surface area contributed by atoms with Crippen LogP contribution in [0.4, 0.5) is 0 Å². The fourth-order valence-electron chi connectivity index (χ4n) is 3.79. The van der Waals surface area contributed by atoms with Gasteiger partial charge in [0.05, 0.1) is 0 Å². The summed E-state index contributed by atoms with van der Waals surface area (Å²) in [4.78, 5) is 14.4. The zero-order chi connectivity index (χ0) is 18.1. The summed E-state index contributed by atoms with van der Waals surface area (Å²) >= 11 is 0. The van der Waals surface area contributed by atoms with Crippen molar-refractivity contribution in [2.45, 2.75) is 26.3 Å². The molecule has 1 atom stereocenters. The molecule has 1 amide bonds. The first-order valence-electron chi connectivity index (χ1n) is 9.03. The van der Waals surface area contributed by atoms with E-state index in [1.807, 2.05) is 6.07 Å². The largest absolute Gasteiger partial charge is 0.454 e. The number of fused-ring (bicyclic) bond motifs is 2. The van der Waals surface area contributed by atoms with Gasteiger partial charge in [-0.2, -0.15) is 5.10 Å². The normalized spacial score (nSPS) is 17.0. The van der Waals surface area contributed by atoms with Gasteiger partial charge in [0, 0.05) is 44.4 Å². The molecule has 2 aromatic rings. The summed E-state index contributed by atoms with van der Waals surface area (Å²) in [5, 5.41) is 9.87. The van der Waals surface area contributed by atoms with Crippen LogP contribution in [0.2, 0.25) is 0 Å². The van der Waals surface area contributed by atoms with Gasteiger partial charge in [0.2, 0.25) is 6.79 Å². The fraction of sp³-hybridized carbons (Fsp3) is 0.474. The number of H-pyrrole nitrogens is 1. The lowest BCUT2D eigenvalue weighted by molar-refractivity contribution is 0.0955. The third-order valence-corrected chi connectivity index (χ3v) is 5.05. The van der Waals surface area contributed by atoms with E-state index in [0.717, 1.165) is 55.2 Å². The Kier molecular flexibility index (Phi) is 4.55. The summed E-state index contributed by atoms with van der Waals surface area (Å²) in [6.07, 6.45) is 1.88. The van der Waals surface area contributed by atoms with Crippen molar-refractivity contribution in [2.75, 3.05) is 26.9 Å². The van der Waals surface area contributed by atoms with Gasteiger partial charge in [0.15, 0.2) is 17.2 Å². The van der Waals surface area contributed by atoms with Crippen molar-refractivity contribution in [3.63, 3.8) is 0 Å². The van der Waals surface area contributed by atoms with Crippen molar-refractivity contribution in [1.29, 1.82) is 0 Å². The maximum absolute atomic E-state index is 12.0. The number of benzene rings is 1. The van der Waals surface area contributed by atoms with Crippen LogP contribution < -0.4 is 14.8 Å². The minimum Gasteiger partial charge on any atom is -0.454 e. The molecule has 0 bridgehead atoms. The second-order valence-corrected chi connectivity index (χ2v) is 7.09. The minimum atomic E-state index is -0.127. The number of aromatic nitrogens is 2. The van der Waals surface area contributed by atoms with E-state index in [9.17, 15) is 4.79 Å². The van der Waals surface area contributed by atoms with Gasteiger partial charge in [0.1, 0.15) is 0 Å². The number of carbonyl (C=O) groups is 1. The Morgan fingerprint density at radius 2 is 2.23 bits per heavy atom. The molecule has 7 heteroatoms. The first-order valence-corrected chi connectivity index (χ1v) is 9.03. The van der Waals surface area contributed by atoms with Crippen LogP contribution in [-0.2, 0) is 19.4 Å². The van der Waals surface area contributed by atoms with E-state index in [0.29, 0.717) is 18.4 Å². The maximum Gasteiger partial charge on any atom is 0.271 e. The summed E-state index contributed by atoms with van der Waals surface area (Å²) in [7, 11) is 1.64. The predicted molar refractivity (Wildman–Crippen MR) is 96.4 cm³/mol. The van der Waals surface area contributed by atoms with Gasteiger partial charge in [-0.25, -0.2) is 0 Å². The molecule has 0 spiro atoms. The van der Waals surface area contributed by atoms with E-state index < -0.39 is 0 Å². The number of hydrogen-bond acceptors (Lipinski definition) is 5. The number of nitrogens with one attached hydrogen (secondary N) is 2. The summed E-state index contributed by atoms with van der Waals surface area (Å²) in [6.45, 7) is 5.29. The van der Waals surface area contributed by atoms with Gasteiger partial charge >= 0.3 is 0 Å².